The zero-order valence-corrected chi connectivity index (χ0v) is 18.6. The van der Waals surface area contributed by atoms with Gasteiger partial charge in [0, 0.05) is 6.42 Å². The second-order valence-electron chi connectivity index (χ2n) is 9.02. The first-order valence-corrected chi connectivity index (χ1v) is 10.8. The number of nitrogens with one attached hydrogen (secondary N) is 1. The van der Waals surface area contributed by atoms with E-state index in [1.165, 1.54) is 6.07 Å². The molecule has 1 amide bonds. The van der Waals surface area contributed by atoms with E-state index in [0.29, 0.717) is 29.4 Å². The Morgan fingerprint density at radius 3 is 2.20 bits per heavy atom. The number of nitrogens with zero attached hydrogens (tertiary/aromatic N) is 1. The van der Waals surface area contributed by atoms with Crippen LogP contribution in [0, 0.1) is 11.6 Å². The van der Waals surface area contributed by atoms with Crippen LogP contribution in [0.25, 0.3) is 0 Å². The highest BCUT2D eigenvalue weighted by Crippen LogP contribution is 2.16. The number of hydrogen-bond donors (Lipinski definition) is 2. The van der Waals surface area contributed by atoms with Crippen LogP contribution in [0.2, 0.25) is 0 Å². The third kappa shape index (κ3) is 11.9. The van der Waals surface area contributed by atoms with Gasteiger partial charge in [0.1, 0.15) is 0 Å². The molecule has 0 fully saturated rings. The molecule has 1 aromatic carbocycles. The van der Waals surface area contributed by atoms with Gasteiger partial charge in [0.2, 0.25) is 5.91 Å². The largest absolute Gasteiger partial charge is 0.481 e. The molecule has 0 radical (unpaired) electrons. The van der Waals surface area contributed by atoms with Crippen LogP contribution in [-0.4, -0.2) is 55.2 Å². The summed E-state index contributed by atoms with van der Waals surface area (Å²) in [6.07, 6.45) is 7.54. The first kappa shape index (κ1) is 26.0. The molecule has 0 bridgehead atoms. The highest BCUT2D eigenvalue weighted by molar-refractivity contribution is 5.77. The fourth-order valence-corrected chi connectivity index (χ4v) is 3.56. The maximum Gasteiger partial charge on any atom is 0.305 e. The molecule has 0 spiro atoms. The molecule has 0 aliphatic rings. The van der Waals surface area contributed by atoms with Crippen LogP contribution in [0.3, 0.4) is 0 Å². The van der Waals surface area contributed by atoms with Gasteiger partial charge in [0.15, 0.2) is 11.6 Å². The summed E-state index contributed by atoms with van der Waals surface area (Å²) >= 11 is 0. The molecule has 30 heavy (non-hydrogen) atoms. The zero-order chi connectivity index (χ0) is 22.6. The smallest absolute Gasteiger partial charge is 0.305 e. The monoisotopic (exact) mass is 427 g/mol. The lowest BCUT2D eigenvalue weighted by molar-refractivity contribution is -0.871. The molecule has 1 atom stereocenters. The summed E-state index contributed by atoms with van der Waals surface area (Å²) in [5, 5.41) is 11.9. The van der Waals surface area contributed by atoms with Crippen molar-refractivity contribution in [1.29, 1.82) is 0 Å². The van der Waals surface area contributed by atoms with E-state index in [1.807, 2.05) is 21.1 Å². The van der Waals surface area contributed by atoms with Crippen LogP contribution in [0.1, 0.15) is 63.4 Å². The number of carboxylic acid groups (broad SMARTS) is 1. The van der Waals surface area contributed by atoms with Crippen molar-refractivity contribution in [2.75, 3.05) is 27.7 Å². The molecule has 2 N–H and O–H groups in total. The van der Waals surface area contributed by atoms with Gasteiger partial charge in [0.05, 0.1) is 40.2 Å². The fraction of sp³-hybridized carbons (Fsp3) is 0.652. The summed E-state index contributed by atoms with van der Waals surface area (Å²) in [5.41, 5.74) is 0.437. The molecule has 1 aromatic rings. The predicted octanol–water partition coefficient (Wildman–Crippen LogP) is 4.29. The van der Waals surface area contributed by atoms with Crippen molar-refractivity contribution in [2.24, 2.45) is 0 Å². The van der Waals surface area contributed by atoms with Gasteiger partial charge in [-0.05, 0) is 30.9 Å². The van der Waals surface area contributed by atoms with Crippen molar-refractivity contribution in [3.05, 3.63) is 35.4 Å². The van der Waals surface area contributed by atoms with Gasteiger partial charge < -0.3 is 14.9 Å². The molecule has 7 heteroatoms. The molecule has 0 heterocycles. The number of unbranched alkanes of at least 4 members (excludes halogenated alkanes) is 6. The third-order valence-corrected chi connectivity index (χ3v) is 4.94. The Morgan fingerprint density at radius 1 is 1.00 bits per heavy atom. The number of likely N-dealkylation sites (N-methyl/N-ethyl adjacent to an activating group) is 1. The van der Waals surface area contributed by atoms with Crippen molar-refractivity contribution in [2.45, 2.75) is 70.3 Å². The molecule has 170 valence electrons. The molecule has 1 unspecified atom stereocenters. The Hall–Kier alpha value is -2.02. The van der Waals surface area contributed by atoms with E-state index in [4.69, 9.17) is 5.11 Å². The number of halogens is 2. The van der Waals surface area contributed by atoms with Gasteiger partial charge in [-0.2, -0.15) is 0 Å². The summed E-state index contributed by atoms with van der Waals surface area (Å²) in [7, 11) is 5.90. The first-order valence-electron chi connectivity index (χ1n) is 10.8. The van der Waals surface area contributed by atoms with Crippen molar-refractivity contribution in [3.63, 3.8) is 0 Å². The molecule has 0 saturated carbocycles. The van der Waals surface area contributed by atoms with Gasteiger partial charge in [-0.3, -0.25) is 9.59 Å². The van der Waals surface area contributed by atoms with Crippen LogP contribution < -0.4 is 5.32 Å². The second kappa shape index (κ2) is 13.3. The van der Waals surface area contributed by atoms with E-state index in [1.54, 1.807) is 6.07 Å². The molecule has 1 rings (SSSR count). The van der Waals surface area contributed by atoms with Gasteiger partial charge >= 0.3 is 5.97 Å². The first-order chi connectivity index (χ1) is 14.1. The molecule has 0 aromatic heterocycles. The average Bonchev–Trinajstić information content (AvgIpc) is 2.61. The molecule has 0 aliphatic carbocycles. The maximum absolute atomic E-state index is 13.6. The lowest BCUT2D eigenvalue weighted by atomic mass is 10.0. The van der Waals surface area contributed by atoms with E-state index in [-0.39, 0.29) is 18.4 Å². The Kier molecular flexibility index (Phi) is 11.5. The summed E-state index contributed by atoms with van der Waals surface area (Å²) < 4.78 is 27.3. The van der Waals surface area contributed by atoms with E-state index >= 15 is 0 Å². The highest BCUT2D eigenvalue weighted by Gasteiger charge is 2.22. The number of aliphatic carboxylic acids is 1. The number of hydrogen-bond acceptors (Lipinski definition) is 2. The van der Waals surface area contributed by atoms with E-state index in [2.05, 4.69) is 5.32 Å². The lowest BCUT2D eigenvalue weighted by Gasteiger charge is -2.29. The fourth-order valence-electron chi connectivity index (χ4n) is 3.56. The zero-order valence-electron chi connectivity index (χ0n) is 18.6. The Balaban J connectivity index is 2.11. The van der Waals surface area contributed by atoms with E-state index in [9.17, 15) is 18.4 Å². The number of amides is 1. The van der Waals surface area contributed by atoms with Crippen molar-refractivity contribution < 1.29 is 28.0 Å². The summed E-state index contributed by atoms with van der Waals surface area (Å²) in [6, 6.07) is 3.94. The minimum Gasteiger partial charge on any atom is -0.481 e. The number of quaternary nitrogens is 1. The number of aryl methyl sites for hydroxylation is 1. The topological polar surface area (TPSA) is 66.4 Å². The van der Waals surface area contributed by atoms with Gasteiger partial charge in [-0.1, -0.05) is 44.2 Å². The normalized spacial score (nSPS) is 12.6. The van der Waals surface area contributed by atoms with Crippen LogP contribution in [0.15, 0.2) is 18.2 Å². The van der Waals surface area contributed by atoms with E-state index < -0.39 is 17.6 Å². The molecule has 0 saturated heterocycles. The molecule has 0 aliphatic heterocycles. The number of carbonyl (C=O) groups is 2. The Bertz CT molecular complexity index is 675. The highest BCUT2D eigenvalue weighted by atomic mass is 19.2. The maximum atomic E-state index is 13.6. The van der Waals surface area contributed by atoms with Crippen molar-refractivity contribution in [3.8, 4) is 0 Å². The molecular formula is C23H37F2N2O3+. The minimum atomic E-state index is -0.908. The Morgan fingerprint density at radius 2 is 1.60 bits per heavy atom. The Labute approximate surface area is 179 Å². The van der Waals surface area contributed by atoms with Crippen LogP contribution in [0.5, 0.6) is 0 Å². The number of carbonyl (C=O) groups excluding carboxylic acids is 1. The quantitative estimate of drug-likeness (QED) is 0.324. The predicted molar refractivity (Wildman–Crippen MR) is 114 cm³/mol. The average molecular weight is 428 g/mol. The van der Waals surface area contributed by atoms with Gasteiger partial charge in [-0.15, -0.1) is 0 Å². The van der Waals surface area contributed by atoms with Crippen LogP contribution in [-0.2, 0) is 16.0 Å². The van der Waals surface area contributed by atoms with Gasteiger partial charge in [0.25, 0.3) is 0 Å². The second-order valence-corrected chi connectivity index (χ2v) is 9.02. The van der Waals surface area contributed by atoms with Crippen molar-refractivity contribution >= 4 is 11.9 Å². The minimum absolute atomic E-state index is 0.0687. The summed E-state index contributed by atoms with van der Waals surface area (Å²) in [4.78, 5) is 23.1. The summed E-state index contributed by atoms with van der Waals surface area (Å²) in [6.45, 7) is 0.567. The number of rotatable bonds is 15. The number of carboxylic acids is 1. The van der Waals surface area contributed by atoms with Crippen molar-refractivity contribution in [1.82, 2.24) is 5.32 Å². The van der Waals surface area contributed by atoms with Gasteiger partial charge in [-0.25, -0.2) is 8.78 Å². The summed E-state index contributed by atoms with van der Waals surface area (Å²) in [5.74, 6) is -2.52. The standard InChI is InChI=1S/C23H36F2N2O3/c1-27(2,3)17-19(16-22(29)30)26-21(28)15-10-8-6-4-5-7-9-12-18-13-11-14-20(24)23(18)25/h11,13-14,19H,4-10,12,15-17H2,1-3H3,(H-,26,28,29,30)/p+1. The third-order valence-electron chi connectivity index (χ3n) is 4.94. The van der Waals surface area contributed by atoms with Crippen LogP contribution >= 0.6 is 0 Å². The molecule has 5 nitrogen and oxygen atoms in total. The number of benzene rings is 1. The SMILES string of the molecule is C[N+](C)(C)CC(CC(=O)O)NC(=O)CCCCCCCCCc1cccc(F)c1F. The molecular weight excluding hydrogens is 390 g/mol. The van der Waals surface area contributed by atoms with E-state index in [0.717, 1.165) is 51.0 Å². The van der Waals surface area contributed by atoms with Crippen LogP contribution in [0.4, 0.5) is 8.78 Å². The lowest BCUT2D eigenvalue weighted by Crippen LogP contribution is -2.49.